The first-order valence-electron chi connectivity index (χ1n) is 7.56. The summed E-state index contributed by atoms with van der Waals surface area (Å²) < 4.78 is 31.9. The Kier molecular flexibility index (Phi) is 7.67. The maximum absolute atomic E-state index is 12.2. The van der Waals surface area contributed by atoms with Crippen LogP contribution in [0, 0.1) is 11.8 Å². The molecule has 2 N–H and O–H groups in total. The summed E-state index contributed by atoms with van der Waals surface area (Å²) in [6.07, 6.45) is 1.13. The zero-order valence-electron chi connectivity index (χ0n) is 13.8. The molecule has 6 nitrogen and oxygen atoms in total. The highest BCUT2D eigenvalue weighted by Gasteiger charge is 2.22. The lowest BCUT2D eigenvalue weighted by atomic mass is 9.98. The summed E-state index contributed by atoms with van der Waals surface area (Å²) in [5.41, 5.74) is 0.981. The quantitative estimate of drug-likeness (QED) is 0.677. The van der Waals surface area contributed by atoms with E-state index in [-0.39, 0.29) is 17.4 Å². The number of carbonyl (C=O) groups is 1. The Bertz CT molecular complexity index is 595. The highest BCUT2D eigenvalue weighted by atomic mass is 32.2. The molecule has 23 heavy (non-hydrogen) atoms. The molecule has 1 rings (SSSR count). The molecule has 1 aromatic rings. The lowest BCUT2D eigenvalue weighted by molar-refractivity contribution is -0.142. The van der Waals surface area contributed by atoms with Crippen LogP contribution in [0.25, 0.3) is 0 Å². The Labute approximate surface area is 137 Å². The summed E-state index contributed by atoms with van der Waals surface area (Å²) in [5, 5.41) is 9.16. The van der Waals surface area contributed by atoms with E-state index in [1.165, 1.54) is 12.1 Å². The van der Waals surface area contributed by atoms with Gasteiger partial charge in [0.05, 0.1) is 17.4 Å². The summed E-state index contributed by atoms with van der Waals surface area (Å²) in [6.45, 7) is 4.27. The molecule has 0 spiro atoms. The van der Waals surface area contributed by atoms with Gasteiger partial charge in [0.15, 0.2) is 0 Å². The van der Waals surface area contributed by atoms with E-state index in [4.69, 9.17) is 9.84 Å². The van der Waals surface area contributed by atoms with Crippen molar-refractivity contribution in [3.8, 4) is 0 Å². The molecule has 0 amide bonds. The van der Waals surface area contributed by atoms with E-state index in [9.17, 15) is 13.2 Å². The van der Waals surface area contributed by atoms with Gasteiger partial charge in [-0.05, 0) is 36.5 Å². The van der Waals surface area contributed by atoms with Gasteiger partial charge in [0.1, 0.15) is 0 Å². The fraction of sp³-hybridized carbons (Fsp3) is 0.562. The highest BCUT2D eigenvalue weighted by molar-refractivity contribution is 7.89. The molecule has 0 saturated carbocycles. The van der Waals surface area contributed by atoms with Gasteiger partial charge in [0.25, 0.3) is 0 Å². The number of aliphatic carboxylic acids is 1. The molecular weight excluding hydrogens is 318 g/mol. The van der Waals surface area contributed by atoms with Gasteiger partial charge in [-0.2, -0.15) is 0 Å². The Hall–Kier alpha value is -1.44. The molecule has 1 unspecified atom stereocenters. The van der Waals surface area contributed by atoms with Crippen LogP contribution in [0.2, 0.25) is 0 Å². The van der Waals surface area contributed by atoms with Crippen molar-refractivity contribution in [1.29, 1.82) is 0 Å². The van der Waals surface area contributed by atoms with E-state index in [0.29, 0.717) is 19.4 Å². The first kappa shape index (κ1) is 19.6. The van der Waals surface area contributed by atoms with E-state index >= 15 is 0 Å². The molecule has 0 aliphatic heterocycles. The molecular formula is C16H25NO5S. The van der Waals surface area contributed by atoms with Crippen LogP contribution in [0.4, 0.5) is 0 Å². The molecule has 1 aromatic carbocycles. The zero-order chi connectivity index (χ0) is 17.5. The van der Waals surface area contributed by atoms with Gasteiger partial charge < -0.3 is 9.84 Å². The minimum Gasteiger partial charge on any atom is -0.481 e. The van der Waals surface area contributed by atoms with Gasteiger partial charge >= 0.3 is 5.97 Å². The van der Waals surface area contributed by atoms with Crippen LogP contribution in [-0.4, -0.2) is 39.8 Å². The van der Waals surface area contributed by atoms with Crippen molar-refractivity contribution < 1.29 is 23.1 Å². The fourth-order valence-electron chi connectivity index (χ4n) is 2.19. The summed E-state index contributed by atoms with van der Waals surface area (Å²) in [4.78, 5) is 11.3. The molecule has 0 aromatic heterocycles. The second-order valence-electron chi connectivity index (χ2n) is 5.90. The number of ether oxygens (including phenoxy) is 1. The van der Waals surface area contributed by atoms with E-state index in [1.807, 2.05) is 13.8 Å². The molecule has 7 heteroatoms. The van der Waals surface area contributed by atoms with Crippen molar-refractivity contribution in [2.75, 3.05) is 20.3 Å². The number of hydrogen-bond donors (Lipinski definition) is 2. The number of rotatable bonds is 10. The van der Waals surface area contributed by atoms with Crippen molar-refractivity contribution in [3.63, 3.8) is 0 Å². The van der Waals surface area contributed by atoms with Crippen LogP contribution >= 0.6 is 0 Å². The largest absolute Gasteiger partial charge is 0.481 e. The number of methoxy groups -OCH3 is 1. The molecule has 0 saturated heterocycles. The highest BCUT2D eigenvalue weighted by Crippen LogP contribution is 2.14. The number of nitrogens with one attached hydrogen (secondary N) is 1. The predicted octanol–water partition coefficient (Wildman–Crippen LogP) is 1.90. The Morgan fingerprint density at radius 2 is 1.87 bits per heavy atom. The lowest BCUT2D eigenvalue weighted by Crippen LogP contribution is -2.33. The van der Waals surface area contributed by atoms with Crippen LogP contribution < -0.4 is 4.72 Å². The topological polar surface area (TPSA) is 92.7 Å². The van der Waals surface area contributed by atoms with E-state index in [1.54, 1.807) is 19.2 Å². The number of hydrogen-bond acceptors (Lipinski definition) is 4. The molecule has 0 heterocycles. The number of carboxylic acid groups (broad SMARTS) is 1. The Morgan fingerprint density at radius 3 is 2.35 bits per heavy atom. The van der Waals surface area contributed by atoms with Crippen molar-refractivity contribution in [1.82, 2.24) is 4.72 Å². The standard InChI is InChI=1S/C16H25NO5S/c1-12(2)10-14(16(18)19)11-17-23(20,21)15-6-4-13(5-7-15)8-9-22-3/h4-7,12,14,17H,8-11H2,1-3H3,(H,18,19). The third-order valence-corrected chi connectivity index (χ3v) is 4.89. The van der Waals surface area contributed by atoms with Crippen LogP contribution in [0.5, 0.6) is 0 Å². The molecule has 130 valence electrons. The summed E-state index contributed by atoms with van der Waals surface area (Å²) >= 11 is 0. The third-order valence-electron chi connectivity index (χ3n) is 3.45. The molecule has 0 bridgehead atoms. The summed E-state index contributed by atoms with van der Waals surface area (Å²) in [6, 6.07) is 6.50. The van der Waals surface area contributed by atoms with Crippen molar-refractivity contribution in [2.24, 2.45) is 11.8 Å². The van der Waals surface area contributed by atoms with Gasteiger partial charge in [0, 0.05) is 13.7 Å². The number of benzene rings is 1. The maximum atomic E-state index is 12.2. The minimum absolute atomic E-state index is 0.110. The fourth-order valence-corrected chi connectivity index (χ4v) is 3.27. The first-order valence-corrected chi connectivity index (χ1v) is 9.05. The van der Waals surface area contributed by atoms with Gasteiger partial charge in [-0.25, -0.2) is 13.1 Å². The Morgan fingerprint density at radius 1 is 1.26 bits per heavy atom. The lowest BCUT2D eigenvalue weighted by Gasteiger charge is -2.15. The molecule has 0 aliphatic carbocycles. The minimum atomic E-state index is -3.71. The summed E-state index contributed by atoms with van der Waals surface area (Å²) in [5.74, 6) is -1.54. The second kappa shape index (κ2) is 9.00. The van der Waals surface area contributed by atoms with E-state index in [2.05, 4.69) is 4.72 Å². The predicted molar refractivity (Wildman–Crippen MR) is 87.8 cm³/mol. The van der Waals surface area contributed by atoms with Gasteiger partial charge in [-0.15, -0.1) is 0 Å². The van der Waals surface area contributed by atoms with Crippen molar-refractivity contribution in [2.45, 2.75) is 31.6 Å². The monoisotopic (exact) mass is 343 g/mol. The van der Waals surface area contributed by atoms with Gasteiger partial charge in [-0.3, -0.25) is 4.79 Å². The average Bonchev–Trinajstić information content (AvgIpc) is 2.49. The SMILES string of the molecule is COCCc1ccc(S(=O)(=O)NCC(CC(C)C)C(=O)O)cc1. The van der Waals surface area contributed by atoms with Crippen molar-refractivity contribution in [3.05, 3.63) is 29.8 Å². The summed E-state index contributed by atoms with van der Waals surface area (Å²) in [7, 11) is -2.10. The second-order valence-corrected chi connectivity index (χ2v) is 7.67. The van der Waals surface area contributed by atoms with Crippen LogP contribution in [0.15, 0.2) is 29.2 Å². The molecule has 0 aliphatic rings. The van der Waals surface area contributed by atoms with Gasteiger partial charge in [-0.1, -0.05) is 26.0 Å². The van der Waals surface area contributed by atoms with Gasteiger partial charge in [0.2, 0.25) is 10.0 Å². The number of sulfonamides is 1. The maximum Gasteiger partial charge on any atom is 0.307 e. The van der Waals surface area contributed by atoms with Crippen LogP contribution in [0.3, 0.4) is 0 Å². The smallest absolute Gasteiger partial charge is 0.307 e. The first-order chi connectivity index (χ1) is 10.8. The average molecular weight is 343 g/mol. The van der Waals surface area contributed by atoms with Crippen LogP contribution in [-0.2, 0) is 26.0 Å². The van der Waals surface area contributed by atoms with E-state index in [0.717, 1.165) is 5.56 Å². The third kappa shape index (κ3) is 6.68. The Balaban J connectivity index is 2.72. The normalized spacial score (nSPS) is 13.2. The van der Waals surface area contributed by atoms with Crippen molar-refractivity contribution >= 4 is 16.0 Å². The van der Waals surface area contributed by atoms with Crippen LogP contribution in [0.1, 0.15) is 25.8 Å². The number of carboxylic acids is 1. The van der Waals surface area contributed by atoms with E-state index < -0.39 is 21.9 Å². The molecule has 1 atom stereocenters. The zero-order valence-corrected chi connectivity index (χ0v) is 14.6. The molecule has 0 fully saturated rings. The molecule has 0 radical (unpaired) electrons.